The second-order valence-corrected chi connectivity index (χ2v) is 4.59. The number of hydrogen-bond acceptors (Lipinski definition) is 4. The maximum Gasteiger partial charge on any atom is 0.340 e. The number of ether oxygens (including phenoxy) is 2. The lowest BCUT2D eigenvalue weighted by atomic mass is 10.1. The van der Waals surface area contributed by atoms with Crippen molar-refractivity contribution < 1.29 is 19.1 Å². The van der Waals surface area contributed by atoms with Crippen LogP contribution in [0.1, 0.15) is 6.42 Å². The Kier molecular flexibility index (Phi) is 4.63. The van der Waals surface area contributed by atoms with E-state index in [1.165, 1.54) is 0 Å². The minimum Gasteiger partial charge on any atom is -0.444 e. The Balaban J connectivity index is 2.37. The number of primary amides is 2. The Morgan fingerprint density at radius 2 is 1.23 bits per heavy atom. The minimum atomic E-state index is -2.01. The number of amides is 2. The van der Waals surface area contributed by atoms with Gasteiger partial charge < -0.3 is 20.9 Å². The summed E-state index contributed by atoms with van der Waals surface area (Å²) >= 11 is 0. The van der Waals surface area contributed by atoms with E-state index >= 15 is 0 Å². The van der Waals surface area contributed by atoms with E-state index in [0.717, 1.165) is 0 Å². The summed E-state index contributed by atoms with van der Waals surface area (Å²) in [5, 5.41) is 0. The first-order chi connectivity index (χ1) is 10.5. The smallest absolute Gasteiger partial charge is 0.340 e. The molecule has 0 atom stereocenters. The topological polar surface area (TPSA) is 105 Å². The zero-order valence-electron chi connectivity index (χ0n) is 11.8. The Labute approximate surface area is 127 Å². The highest BCUT2D eigenvalue weighted by molar-refractivity contribution is 5.89. The Hall–Kier alpha value is -3.02. The van der Waals surface area contributed by atoms with Gasteiger partial charge in [0.2, 0.25) is 5.91 Å². The largest absolute Gasteiger partial charge is 0.444 e. The van der Waals surface area contributed by atoms with Gasteiger partial charge in [0.15, 0.2) is 0 Å². The van der Waals surface area contributed by atoms with Crippen molar-refractivity contribution in [2.45, 2.75) is 12.2 Å². The molecule has 0 unspecified atom stereocenters. The van der Waals surface area contributed by atoms with Crippen LogP contribution >= 0.6 is 0 Å². The summed E-state index contributed by atoms with van der Waals surface area (Å²) in [4.78, 5) is 23.3. The predicted octanol–water partition coefficient (Wildman–Crippen LogP) is 1.20. The van der Waals surface area contributed by atoms with Crippen molar-refractivity contribution in [3.8, 4) is 11.5 Å². The fourth-order valence-electron chi connectivity index (χ4n) is 1.87. The van der Waals surface area contributed by atoms with E-state index in [0.29, 0.717) is 11.5 Å². The van der Waals surface area contributed by atoms with Gasteiger partial charge in [-0.1, -0.05) is 36.4 Å². The number of carbonyl (C=O) groups excluding carboxylic acids is 2. The van der Waals surface area contributed by atoms with Crippen molar-refractivity contribution in [3.63, 3.8) is 0 Å². The van der Waals surface area contributed by atoms with Gasteiger partial charge in [-0.05, 0) is 24.3 Å². The van der Waals surface area contributed by atoms with Crippen LogP contribution < -0.4 is 20.9 Å². The number of rotatable bonds is 7. The molecule has 2 rings (SSSR count). The van der Waals surface area contributed by atoms with Crippen LogP contribution in [-0.4, -0.2) is 17.6 Å². The van der Waals surface area contributed by atoms with Gasteiger partial charge in [-0.15, -0.1) is 0 Å². The quantitative estimate of drug-likeness (QED) is 0.749. The molecule has 0 saturated carbocycles. The average molecular weight is 300 g/mol. The van der Waals surface area contributed by atoms with Gasteiger partial charge in [0.05, 0.1) is 0 Å². The van der Waals surface area contributed by atoms with Gasteiger partial charge in [-0.3, -0.25) is 9.59 Å². The first kappa shape index (κ1) is 15.4. The number of benzene rings is 2. The van der Waals surface area contributed by atoms with Gasteiger partial charge in [0.1, 0.15) is 17.9 Å². The Morgan fingerprint density at radius 3 is 1.55 bits per heavy atom. The summed E-state index contributed by atoms with van der Waals surface area (Å²) in [6.07, 6.45) is -0.508. The SMILES string of the molecule is NC(=O)CC(Oc1ccccc1)(Oc1ccccc1)C(N)=O. The van der Waals surface area contributed by atoms with Crippen molar-refractivity contribution in [2.24, 2.45) is 11.5 Å². The third-order valence-corrected chi connectivity index (χ3v) is 2.83. The average Bonchev–Trinajstić information content (AvgIpc) is 2.48. The van der Waals surface area contributed by atoms with Gasteiger partial charge in [0.25, 0.3) is 0 Å². The third kappa shape index (κ3) is 3.76. The molecule has 0 aliphatic carbocycles. The number of hydrogen-bond donors (Lipinski definition) is 2. The monoisotopic (exact) mass is 300 g/mol. The molecule has 0 aliphatic rings. The molecule has 0 saturated heterocycles. The molecule has 0 heterocycles. The first-order valence-electron chi connectivity index (χ1n) is 6.58. The highest BCUT2D eigenvalue weighted by atomic mass is 16.7. The lowest BCUT2D eigenvalue weighted by Crippen LogP contribution is -2.56. The highest BCUT2D eigenvalue weighted by Crippen LogP contribution is 2.25. The van der Waals surface area contributed by atoms with E-state index in [-0.39, 0.29) is 0 Å². The molecule has 0 aliphatic heterocycles. The zero-order chi connectivity index (χ0) is 16.0. The molecule has 0 radical (unpaired) electrons. The molecule has 2 aromatic rings. The normalized spacial score (nSPS) is 10.7. The highest BCUT2D eigenvalue weighted by Gasteiger charge is 2.44. The molecule has 4 N–H and O–H groups in total. The zero-order valence-corrected chi connectivity index (χ0v) is 11.8. The minimum absolute atomic E-state index is 0.332. The fourth-order valence-corrected chi connectivity index (χ4v) is 1.87. The summed E-state index contributed by atoms with van der Waals surface area (Å²) in [6.45, 7) is 0. The fraction of sp³-hybridized carbons (Fsp3) is 0.125. The Bertz CT molecular complexity index is 602. The summed E-state index contributed by atoms with van der Waals surface area (Å²) in [5.74, 6) is -3.06. The van der Waals surface area contributed by atoms with E-state index < -0.39 is 24.0 Å². The molecular formula is C16H16N2O4. The van der Waals surface area contributed by atoms with Gasteiger partial charge in [-0.2, -0.15) is 0 Å². The molecule has 6 nitrogen and oxygen atoms in total. The van der Waals surface area contributed by atoms with Crippen LogP contribution in [0.5, 0.6) is 11.5 Å². The van der Waals surface area contributed by atoms with Crippen LogP contribution in [0.15, 0.2) is 60.7 Å². The van der Waals surface area contributed by atoms with Crippen molar-refractivity contribution in [1.29, 1.82) is 0 Å². The molecule has 0 aromatic heterocycles. The van der Waals surface area contributed by atoms with Gasteiger partial charge >= 0.3 is 11.7 Å². The molecule has 2 aromatic carbocycles. The third-order valence-electron chi connectivity index (χ3n) is 2.83. The van der Waals surface area contributed by atoms with Crippen LogP contribution in [0, 0.1) is 0 Å². The number of para-hydroxylation sites is 2. The van der Waals surface area contributed by atoms with E-state index in [4.69, 9.17) is 20.9 Å². The van der Waals surface area contributed by atoms with Crippen LogP contribution in [0.25, 0.3) is 0 Å². The molecular weight excluding hydrogens is 284 g/mol. The van der Waals surface area contributed by atoms with E-state index in [2.05, 4.69) is 0 Å². The molecule has 6 heteroatoms. The molecule has 0 bridgehead atoms. The van der Waals surface area contributed by atoms with Crippen LogP contribution in [0.3, 0.4) is 0 Å². The molecule has 0 fully saturated rings. The lowest BCUT2D eigenvalue weighted by molar-refractivity contribution is -0.168. The van der Waals surface area contributed by atoms with Gasteiger partial charge in [-0.25, -0.2) is 0 Å². The van der Waals surface area contributed by atoms with Crippen molar-refractivity contribution in [3.05, 3.63) is 60.7 Å². The molecule has 2 amide bonds. The molecule has 114 valence electrons. The first-order valence-corrected chi connectivity index (χ1v) is 6.58. The number of carbonyl (C=O) groups is 2. The van der Waals surface area contributed by atoms with Crippen molar-refractivity contribution in [2.75, 3.05) is 0 Å². The Morgan fingerprint density at radius 1 is 0.818 bits per heavy atom. The second-order valence-electron chi connectivity index (χ2n) is 4.59. The second kappa shape index (κ2) is 6.62. The van der Waals surface area contributed by atoms with E-state index in [1.807, 2.05) is 0 Å². The molecule has 0 spiro atoms. The number of nitrogens with two attached hydrogens (primary N) is 2. The summed E-state index contributed by atoms with van der Waals surface area (Å²) in [6, 6.07) is 16.9. The van der Waals surface area contributed by atoms with Crippen LogP contribution in [0.2, 0.25) is 0 Å². The predicted molar refractivity (Wildman–Crippen MR) is 79.9 cm³/mol. The van der Waals surface area contributed by atoms with E-state index in [9.17, 15) is 9.59 Å². The standard InChI is InChI=1S/C16H16N2O4/c17-14(19)11-16(15(18)20,21-12-7-3-1-4-8-12)22-13-9-5-2-6-10-13/h1-10H,11H2,(H2,17,19)(H2,18,20). The van der Waals surface area contributed by atoms with E-state index in [1.54, 1.807) is 60.7 Å². The lowest BCUT2D eigenvalue weighted by Gasteiger charge is -2.30. The van der Waals surface area contributed by atoms with Crippen molar-refractivity contribution >= 4 is 11.8 Å². The van der Waals surface area contributed by atoms with Crippen LogP contribution in [0.4, 0.5) is 0 Å². The van der Waals surface area contributed by atoms with Gasteiger partial charge in [0, 0.05) is 0 Å². The maximum absolute atomic E-state index is 11.9. The summed E-state index contributed by atoms with van der Waals surface area (Å²) in [7, 11) is 0. The summed E-state index contributed by atoms with van der Waals surface area (Å²) in [5.41, 5.74) is 10.6. The molecule has 22 heavy (non-hydrogen) atoms. The van der Waals surface area contributed by atoms with Crippen LogP contribution in [-0.2, 0) is 9.59 Å². The summed E-state index contributed by atoms with van der Waals surface area (Å²) < 4.78 is 11.2. The van der Waals surface area contributed by atoms with Crippen molar-refractivity contribution in [1.82, 2.24) is 0 Å². The maximum atomic E-state index is 11.9.